The molecule has 0 saturated carbocycles. The first kappa shape index (κ1) is 16.4. The molecule has 4 nitrogen and oxygen atoms in total. The minimum atomic E-state index is -4.53. The minimum Gasteiger partial charge on any atom is -0.504 e. The van der Waals surface area contributed by atoms with Crippen LogP contribution < -0.4 is 4.74 Å². The fourth-order valence-electron chi connectivity index (χ4n) is 1.85. The molecular weight excluding hydrogens is 309 g/mol. The molecule has 0 atom stereocenters. The van der Waals surface area contributed by atoms with Crippen molar-refractivity contribution < 1.29 is 23.0 Å². The van der Waals surface area contributed by atoms with Gasteiger partial charge in [-0.25, -0.2) is 0 Å². The topological polar surface area (TPSA) is 66.1 Å². The summed E-state index contributed by atoms with van der Waals surface area (Å²) in [6.45, 7) is 0. The van der Waals surface area contributed by atoms with E-state index in [4.69, 9.17) is 4.74 Å². The van der Waals surface area contributed by atoms with E-state index < -0.39 is 11.9 Å². The number of allylic oxidation sites excluding steroid dienone is 1. The number of pyridine rings is 1. The lowest BCUT2D eigenvalue weighted by Crippen LogP contribution is -2.07. The molecule has 7 heteroatoms. The molecule has 0 amide bonds. The van der Waals surface area contributed by atoms with Gasteiger partial charge in [0.25, 0.3) is 0 Å². The van der Waals surface area contributed by atoms with E-state index in [2.05, 4.69) is 4.98 Å². The van der Waals surface area contributed by atoms with Crippen molar-refractivity contribution in [3.8, 4) is 17.6 Å². The second kappa shape index (κ2) is 6.40. The smallest absolute Gasteiger partial charge is 0.433 e. The first-order valence-corrected chi connectivity index (χ1v) is 6.37. The Kier molecular flexibility index (Phi) is 4.55. The summed E-state index contributed by atoms with van der Waals surface area (Å²) in [5.74, 6) is 0.168. The van der Waals surface area contributed by atoms with E-state index in [0.717, 1.165) is 12.3 Å². The predicted octanol–water partition coefficient (Wildman–Crippen LogP) is 3.88. The molecule has 0 bridgehead atoms. The molecule has 0 aliphatic carbocycles. The first-order valence-electron chi connectivity index (χ1n) is 6.37. The van der Waals surface area contributed by atoms with Gasteiger partial charge in [-0.1, -0.05) is 6.07 Å². The Labute approximate surface area is 130 Å². The monoisotopic (exact) mass is 320 g/mol. The summed E-state index contributed by atoms with van der Waals surface area (Å²) in [6, 6.07) is 8.36. The Bertz CT molecular complexity index is 775. The van der Waals surface area contributed by atoms with Gasteiger partial charge in [-0.15, -0.1) is 0 Å². The number of benzene rings is 1. The molecule has 1 aromatic heterocycles. The number of hydrogen-bond acceptors (Lipinski definition) is 4. The van der Waals surface area contributed by atoms with Crippen molar-refractivity contribution in [3.63, 3.8) is 0 Å². The number of halogens is 3. The Morgan fingerprint density at radius 2 is 2.04 bits per heavy atom. The zero-order chi connectivity index (χ0) is 17.0. The van der Waals surface area contributed by atoms with Crippen LogP contribution in [0.15, 0.2) is 36.5 Å². The lowest BCUT2D eigenvalue weighted by Gasteiger charge is -2.07. The molecule has 1 aromatic carbocycles. The van der Waals surface area contributed by atoms with Crippen LogP contribution in [0.4, 0.5) is 13.2 Å². The van der Waals surface area contributed by atoms with Crippen molar-refractivity contribution >= 4 is 11.6 Å². The van der Waals surface area contributed by atoms with Crippen molar-refractivity contribution in [1.29, 1.82) is 5.26 Å². The lowest BCUT2D eigenvalue weighted by atomic mass is 10.0. The summed E-state index contributed by atoms with van der Waals surface area (Å²) in [4.78, 5) is 3.33. The van der Waals surface area contributed by atoms with E-state index in [1.54, 1.807) is 6.07 Å². The number of aromatic nitrogens is 1. The van der Waals surface area contributed by atoms with E-state index in [1.807, 2.05) is 6.07 Å². The van der Waals surface area contributed by atoms with Gasteiger partial charge in [-0.05, 0) is 35.9 Å². The van der Waals surface area contributed by atoms with Gasteiger partial charge in [0, 0.05) is 11.8 Å². The van der Waals surface area contributed by atoms with Gasteiger partial charge in [-0.2, -0.15) is 18.4 Å². The lowest BCUT2D eigenvalue weighted by molar-refractivity contribution is -0.141. The number of nitriles is 1. The fourth-order valence-corrected chi connectivity index (χ4v) is 1.85. The van der Waals surface area contributed by atoms with E-state index >= 15 is 0 Å². The number of phenolic OH excluding ortho intramolecular Hbond substituents is 1. The summed E-state index contributed by atoms with van der Waals surface area (Å²) >= 11 is 0. The number of nitrogens with zero attached hydrogens (tertiary/aromatic N) is 2. The number of ether oxygens (including phenoxy) is 1. The number of aromatic hydroxyl groups is 1. The third kappa shape index (κ3) is 3.80. The number of hydrogen-bond donors (Lipinski definition) is 1. The molecule has 0 saturated heterocycles. The van der Waals surface area contributed by atoms with Crippen molar-refractivity contribution in [2.45, 2.75) is 6.18 Å². The van der Waals surface area contributed by atoms with Crippen LogP contribution in [-0.4, -0.2) is 17.2 Å². The molecule has 0 spiro atoms. The summed E-state index contributed by atoms with van der Waals surface area (Å²) in [6.07, 6.45) is -2.07. The molecule has 23 heavy (non-hydrogen) atoms. The second-order valence-corrected chi connectivity index (χ2v) is 4.53. The van der Waals surface area contributed by atoms with Crippen LogP contribution in [0.3, 0.4) is 0 Å². The van der Waals surface area contributed by atoms with E-state index in [-0.39, 0.29) is 22.6 Å². The molecule has 0 aliphatic rings. The number of phenols is 1. The molecule has 1 N–H and O–H groups in total. The molecule has 0 fully saturated rings. The normalized spacial score (nSPS) is 11.9. The molecule has 2 aromatic rings. The Morgan fingerprint density at radius 1 is 1.30 bits per heavy atom. The van der Waals surface area contributed by atoms with E-state index in [1.165, 1.54) is 31.4 Å². The van der Waals surface area contributed by atoms with E-state index in [0.29, 0.717) is 5.56 Å². The summed E-state index contributed by atoms with van der Waals surface area (Å²) in [5.41, 5.74) is -0.0764. The fraction of sp³-hybridized carbons (Fsp3) is 0.125. The maximum Gasteiger partial charge on any atom is 0.433 e. The molecular formula is C16H11F3N2O2. The third-order valence-electron chi connectivity index (χ3n) is 3.00. The van der Waals surface area contributed by atoms with Crippen LogP contribution in [0.1, 0.15) is 16.8 Å². The van der Waals surface area contributed by atoms with Gasteiger partial charge in [0.05, 0.1) is 18.8 Å². The average molecular weight is 320 g/mol. The van der Waals surface area contributed by atoms with Gasteiger partial charge in [-0.3, -0.25) is 4.98 Å². The highest BCUT2D eigenvalue weighted by Crippen LogP contribution is 2.30. The zero-order valence-electron chi connectivity index (χ0n) is 11.9. The first-order chi connectivity index (χ1) is 10.8. The average Bonchev–Trinajstić information content (AvgIpc) is 2.53. The molecule has 2 rings (SSSR count). The largest absolute Gasteiger partial charge is 0.504 e. The van der Waals surface area contributed by atoms with Crippen LogP contribution in [-0.2, 0) is 6.18 Å². The third-order valence-corrected chi connectivity index (χ3v) is 3.00. The standard InChI is InChI=1S/C16H11F3N2O2/c1-23-14-7-10(2-4-13(14)22)6-12(8-20)11-3-5-15(21-9-11)16(17,18)19/h2-7,9,22H,1H3. The minimum absolute atomic E-state index is 0.0562. The maximum absolute atomic E-state index is 12.5. The Morgan fingerprint density at radius 3 is 2.57 bits per heavy atom. The summed E-state index contributed by atoms with van der Waals surface area (Å²) < 4.78 is 42.4. The Balaban J connectivity index is 2.38. The maximum atomic E-state index is 12.5. The summed E-state index contributed by atoms with van der Waals surface area (Å²) in [7, 11) is 1.38. The zero-order valence-corrected chi connectivity index (χ0v) is 11.9. The van der Waals surface area contributed by atoms with Gasteiger partial charge in [0.2, 0.25) is 0 Å². The molecule has 0 radical (unpaired) electrons. The molecule has 0 aliphatic heterocycles. The van der Waals surface area contributed by atoms with Gasteiger partial charge >= 0.3 is 6.18 Å². The van der Waals surface area contributed by atoms with Gasteiger partial charge < -0.3 is 9.84 Å². The second-order valence-electron chi connectivity index (χ2n) is 4.53. The predicted molar refractivity (Wildman–Crippen MR) is 77.4 cm³/mol. The molecule has 118 valence electrons. The van der Waals surface area contributed by atoms with E-state index in [9.17, 15) is 23.5 Å². The van der Waals surface area contributed by atoms with Crippen LogP contribution in [0.25, 0.3) is 11.6 Å². The van der Waals surface area contributed by atoms with Crippen molar-refractivity contribution in [1.82, 2.24) is 4.98 Å². The van der Waals surface area contributed by atoms with Gasteiger partial charge in [0.1, 0.15) is 5.69 Å². The van der Waals surface area contributed by atoms with Crippen molar-refractivity contribution in [3.05, 3.63) is 53.3 Å². The molecule has 1 heterocycles. The number of alkyl halides is 3. The van der Waals surface area contributed by atoms with Crippen LogP contribution in [0, 0.1) is 11.3 Å². The SMILES string of the molecule is COc1cc(C=C(C#N)c2ccc(C(F)(F)F)nc2)ccc1O. The number of methoxy groups -OCH3 is 1. The van der Waals surface area contributed by atoms with Crippen molar-refractivity contribution in [2.75, 3.05) is 7.11 Å². The number of rotatable bonds is 3. The molecule has 0 unspecified atom stereocenters. The van der Waals surface area contributed by atoms with Crippen LogP contribution in [0.5, 0.6) is 11.5 Å². The van der Waals surface area contributed by atoms with Crippen LogP contribution >= 0.6 is 0 Å². The van der Waals surface area contributed by atoms with Crippen molar-refractivity contribution in [2.24, 2.45) is 0 Å². The highest BCUT2D eigenvalue weighted by molar-refractivity contribution is 5.89. The Hall–Kier alpha value is -3.01. The summed E-state index contributed by atoms with van der Waals surface area (Å²) in [5, 5.41) is 18.7. The highest BCUT2D eigenvalue weighted by atomic mass is 19.4. The van der Waals surface area contributed by atoms with Crippen LogP contribution in [0.2, 0.25) is 0 Å². The quantitative estimate of drug-likeness (QED) is 0.872. The highest BCUT2D eigenvalue weighted by Gasteiger charge is 2.32. The van der Waals surface area contributed by atoms with Gasteiger partial charge in [0.15, 0.2) is 11.5 Å².